The molecule has 1 saturated heterocycles. The van der Waals surface area contributed by atoms with Gasteiger partial charge >= 0.3 is 5.97 Å². The van der Waals surface area contributed by atoms with Crippen LogP contribution in [0.1, 0.15) is 16.8 Å². The molecule has 0 aliphatic carbocycles. The molecule has 1 aliphatic rings. The molecule has 0 bridgehead atoms. The molecule has 1 heterocycles. The number of hydrogen-bond donors (Lipinski definition) is 1. The minimum atomic E-state index is -0.852. The third-order valence-electron chi connectivity index (χ3n) is 3.49. The maximum atomic E-state index is 12.5. The number of ether oxygens (including phenoxy) is 2. The van der Waals surface area contributed by atoms with Gasteiger partial charge in [0.2, 0.25) is 0 Å². The molecule has 0 radical (unpaired) electrons. The minimum absolute atomic E-state index is 0.188. The summed E-state index contributed by atoms with van der Waals surface area (Å²) in [5, 5.41) is 9.00. The van der Waals surface area contributed by atoms with Gasteiger partial charge in [-0.3, -0.25) is 9.59 Å². The molecule has 0 unspecified atom stereocenters. The van der Waals surface area contributed by atoms with Gasteiger partial charge in [0.1, 0.15) is 12.4 Å². The molecule has 1 fully saturated rings. The summed E-state index contributed by atoms with van der Waals surface area (Å²) in [6.45, 7) is 1.51. The lowest BCUT2D eigenvalue weighted by atomic mass is 10.1. The summed E-state index contributed by atoms with van der Waals surface area (Å²) >= 11 is 0. The highest BCUT2D eigenvalue weighted by Gasteiger charge is 2.32. The van der Waals surface area contributed by atoms with Gasteiger partial charge in [-0.25, -0.2) is 0 Å². The summed E-state index contributed by atoms with van der Waals surface area (Å²) in [7, 11) is 1.58. The van der Waals surface area contributed by atoms with Crippen LogP contribution in [0, 0.1) is 5.92 Å². The molecule has 114 valence electrons. The van der Waals surface area contributed by atoms with E-state index in [1.807, 2.05) is 0 Å². The van der Waals surface area contributed by atoms with E-state index >= 15 is 0 Å². The number of carbonyl (C=O) groups excluding carboxylic acids is 1. The lowest BCUT2D eigenvalue weighted by Crippen LogP contribution is -2.30. The molecule has 1 aromatic carbocycles. The number of para-hydroxylation sites is 1. The average molecular weight is 293 g/mol. The van der Waals surface area contributed by atoms with Crippen LogP contribution >= 0.6 is 0 Å². The van der Waals surface area contributed by atoms with Gasteiger partial charge in [0, 0.05) is 20.2 Å². The zero-order valence-electron chi connectivity index (χ0n) is 11.9. The van der Waals surface area contributed by atoms with E-state index in [9.17, 15) is 9.59 Å². The van der Waals surface area contributed by atoms with Gasteiger partial charge in [-0.2, -0.15) is 0 Å². The van der Waals surface area contributed by atoms with Crippen molar-refractivity contribution in [2.45, 2.75) is 6.42 Å². The number of aliphatic carboxylic acids is 1. The Hall–Kier alpha value is -2.08. The molecule has 1 aliphatic heterocycles. The van der Waals surface area contributed by atoms with E-state index in [2.05, 4.69) is 0 Å². The zero-order chi connectivity index (χ0) is 15.2. The number of hydrogen-bond acceptors (Lipinski definition) is 4. The Bertz CT molecular complexity index is 517. The summed E-state index contributed by atoms with van der Waals surface area (Å²) in [5.41, 5.74) is 0.458. The fourth-order valence-electron chi connectivity index (χ4n) is 2.32. The van der Waals surface area contributed by atoms with Gasteiger partial charge in [0.15, 0.2) is 0 Å². The van der Waals surface area contributed by atoms with Crippen LogP contribution in [-0.2, 0) is 9.53 Å². The zero-order valence-corrected chi connectivity index (χ0v) is 11.9. The molecule has 21 heavy (non-hydrogen) atoms. The first-order valence-electron chi connectivity index (χ1n) is 6.86. The van der Waals surface area contributed by atoms with Crippen LogP contribution < -0.4 is 4.74 Å². The molecule has 6 nitrogen and oxygen atoms in total. The van der Waals surface area contributed by atoms with Crippen molar-refractivity contribution >= 4 is 11.9 Å². The van der Waals surface area contributed by atoms with E-state index in [0.29, 0.717) is 37.5 Å². The van der Waals surface area contributed by atoms with Crippen molar-refractivity contribution in [3.8, 4) is 5.75 Å². The van der Waals surface area contributed by atoms with Gasteiger partial charge in [0.25, 0.3) is 5.91 Å². The molecule has 0 saturated carbocycles. The molecule has 1 amide bonds. The highest BCUT2D eigenvalue weighted by molar-refractivity contribution is 5.97. The molecule has 1 aromatic rings. The van der Waals surface area contributed by atoms with Crippen molar-refractivity contribution in [3.63, 3.8) is 0 Å². The summed E-state index contributed by atoms with van der Waals surface area (Å²) in [5.74, 6) is -1.02. The number of rotatable bonds is 6. The molecule has 1 N–H and O–H groups in total. The van der Waals surface area contributed by atoms with E-state index < -0.39 is 11.9 Å². The Morgan fingerprint density at radius 3 is 2.76 bits per heavy atom. The van der Waals surface area contributed by atoms with Crippen LogP contribution in [0.3, 0.4) is 0 Å². The molecule has 2 rings (SSSR count). The van der Waals surface area contributed by atoms with Gasteiger partial charge < -0.3 is 19.5 Å². The van der Waals surface area contributed by atoms with Gasteiger partial charge in [-0.05, 0) is 18.6 Å². The lowest BCUT2D eigenvalue weighted by Gasteiger charge is -2.18. The Morgan fingerprint density at radius 2 is 2.10 bits per heavy atom. The molecular formula is C15H19NO5. The SMILES string of the molecule is COCCOc1ccccc1C(=O)N1CC[C@@H](C(=O)O)C1. The molecule has 6 heteroatoms. The highest BCUT2D eigenvalue weighted by atomic mass is 16.5. The van der Waals surface area contributed by atoms with Crippen LogP contribution in [0.5, 0.6) is 5.75 Å². The molecule has 0 aromatic heterocycles. The average Bonchev–Trinajstić information content (AvgIpc) is 2.97. The molecule has 1 atom stereocenters. The summed E-state index contributed by atoms with van der Waals surface area (Å²) in [4.78, 5) is 25.0. The number of likely N-dealkylation sites (tertiary alicyclic amines) is 1. The van der Waals surface area contributed by atoms with E-state index in [1.54, 1.807) is 36.3 Å². The van der Waals surface area contributed by atoms with E-state index in [0.717, 1.165) is 0 Å². The third kappa shape index (κ3) is 3.72. The van der Waals surface area contributed by atoms with Crippen molar-refractivity contribution in [2.75, 3.05) is 33.4 Å². The Kier molecular flexibility index (Phi) is 5.16. The Morgan fingerprint density at radius 1 is 1.33 bits per heavy atom. The lowest BCUT2D eigenvalue weighted by molar-refractivity contribution is -0.141. The van der Waals surface area contributed by atoms with Crippen molar-refractivity contribution in [2.24, 2.45) is 5.92 Å². The Balaban J connectivity index is 2.07. The van der Waals surface area contributed by atoms with Crippen LogP contribution in [0.2, 0.25) is 0 Å². The maximum absolute atomic E-state index is 12.5. The number of benzene rings is 1. The minimum Gasteiger partial charge on any atom is -0.490 e. The van der Waals surface area contributed by atoms with Gasteiger partial charge in [-0.1, -0.05) is 12.1 Å². The number of carboxylic acid groups (broad SMARTS) is 1. The van der Waals surface area contributed by atoms with Crippen LogP contribution in [0.25, 0.3) is 0 Å². The van der Waals surface area contributed by atoms with Gasteiger partial charge in [-0.15, -0.1) is 0 Å². The van der Waals surface area contributed by atoms with Crippen molar-refractivity contribution in [1.82, 2.24) is 4.90 Å². The van der Waals surface area contributed by atoms with Crippen molar-refractivity contribution in [1.29, 1.82) is 0 Å². The van der Waals surface area contributed by atoms with Crippen molar-refractivity contribution < 1.29 is 24.2 Å². The smallest absolute Gasteiger partial charge is 0.308 e. The number of methoxy groups -OCH3 is 1. The Labute approximate surface area is 123 Å². The third-order valence-corrected chi connectivity index (χ3v) is 3.49. The van der Waals surface area contributed by atoms with E-state index in [-0.39, 0.29) is 12.5 Å². The first kappa shape index (κ1) is 15.3. The number of carbonyl (C=O) groups is 2. The number of carboxylic acids is 1. The fraction of sp³-hybridized carbons (Fsp3) is 0.467. The second kappa shape index (κ2) is 7.08. The molecular weight excluding hydrogens is 274 g/mol. The fourth-order valence-corrected chi connectivity index (χ4v) is 2.32. The highest BCUT2D eigenvalue weighted by Crippen LogP contribution is 2.24. The monoisotopic (exact) mass is 293 g/mol. The predicted octanol–water partition coefficient (Wildman–Crippen LogP) is 1.26. The largest absolute Gasteiger partial charge is 0.490 e. The quantitative estimate of drug-likeness (QED) is 0.799. The number of amides is 1. The number of nitrogens with zero attached hydrogens (tertiary/aromatic N) is 1. The van der Waals surface area contributed by atoms with E-state index in [4.69, 9.17) is 14.6 Å². The normalized spacial score (nSPS) is 17.8. The van der Waals surface area contributed by atoms with Gasteiger partial charge in [0.05, 0.1) is 18.1 Å². The first-order chi connectivity index (χ1) is 10.1. The molecule has 0 spiro atoms. The van der Waals surface area contributed by atoms with Crippen molar-refractivity contribution in [3.05, 3.63) is 29.8 Å². The van der Waals surface area contributed by atoms with Crippen LogP contribution in [-0.4, -0.2) is 55.3 Å². The predicted molar refractivity (Wildman–Crippen MR) is 75.5 cm³/mol. The maximum Gasteiger partial charge on any atom is 0.308 e. The summed E-state index contributed by atoms with van der Waals surface area (Å²) in [6, 6.07) is 6.98. The summed E-state index contributed by atoms with van der Waals surface area (Å²) < 4.78 is 10.5. The van der Waals surface area contributed by atoms with E-state index in [1.165, 1.54) is 0 Å². The second-order valence-corrected chi connectivity index (χ2v) is 4.91. The van der Waals surface area contributed by atoms with Crippen LogP contribution in [0.15, 0.2) is 24.3 Å². The second-order valence-electron chi connectivity index (χ2n) is 4.91. The summed E-state index contributed by atoms with van der Waals surface area (Å²) in [6.07, 6.45) is 0.494. The topological polar surface area (TPSA) is 76.1 Å². The first-order valence-corrected chi connectivity index (χ1v) is 6.86. The standard InChI is InChI=1S/C15H19NO5/c1-20-8-9-21-13-5-3-2-4-12(13)14(17)16-7-6-11(10-16)15(18)19/h2-5,11H,6-10H2,1H3,(H,18,19)/t11-/m1/s1. The van der Waals surface area contributed by atoms with Crippen LogP contribution in [0.4, 0.5) is 0 Å².